The number of aryl methyl sites for hydroxylation is 1. The van der Waals surface area contributed by atoms with Crippen LogP contribution in [0.3, 0.4) is 0 Å². The van der Waals surface area contributed by atoms with E-state index in [2.05, 4.69) is 42.2 Å². The summed E-state index contributed by atoms with van der Waals surface area (Å²) in [6.45, 7) is 4.52. The molecule has 0 aliphatic heterocycles. The lowest BCUT2D eigenvalue weighted by molar-refractivity contribution is 0.587. The zero-order chi connectivity index (χ0) is 9.97. The van der Waals surface area contributed by atoms with Crippen molar-refractivity contribution in [3.63, 3.8) is 0 Å². The van der Waals surface area contributed by atoms with Gasteiger partial charge in [0.2, 0.25) is 0 Å². The number of aromatic amines is 1. The van der Waals surface area contributed by atoms with Crippen LogP contribution in [0.25, 0.3) is 10.9 Å². The van der Waals surface area contributed by atoms with Crippen molar-refractivity contribution in [1.29, 1.82) is 0 Å². The van der Waals surface area contributed by atoms with Crippen molar-refractivity contribution in [3.8, 4) is 0 Å². The van der Waals surface area contributed by atoms with Gasteiger partial charge in [0, 0.05) is 5.39 Å². The van der Waals surface area contributed by atoms with Gasteiger partial charge in [0.1, 0.15) is 0 Å². The maximum absolute atomic E-state index is 4.01. The zero-order valence-electron chi connectivity index (χ0n) is 8.75. The monoisotopic (exact) mass is 188 g/mol. The van der Waals surface area contributed by atoms with Crippen LogP contribution in [-0.4, -0.2) is 10.2 Å². The molecule has 0 aliphatic carbocycles. The normalized spacial score (nSPS) is 11.4. The number of benzene rings is 1. The predicted molar refractivity (Wildman–Crippen MR) is 59.3 cm³/mol. The molecule has 1 aromatic heterocycles. The Hall–Kier alpha value is -1.31. The van der Waals surface area contributed by atoms with Crippen molar-refractivity contribution < 1.29 is 0 Å². The summed E-state index contributed by atoms with van der Waals surface area (Å²) in [6.07, 6.45) is 4.30. The van der Waals surface area contributed by atoms with E-state index in [1.54, 1.807) is 0 Å². The first-order valence-corrected chi connectivity index (χ1v) is 5.18. The molecule has 1 N–H and O–H groups in total. The smallest absolute Gasteiger partial charge is 0.0650 e. The van der Waals surface area contributed by atoms with Crippen molar-refractivity contribution in [2.75, 3.05) is 0 Å². The maximum Gasteiger partial charge on any atom is 0.0650 e. The van der Waals surface area contributed by atoms with Gasteiger partial charge in [-0.25, -0.2) is 0 Å². The molecule has 0 aliphatic rings. The second-order valence-electron chi connectivity index (χ2n) is 4.22. The minimum atomic E-state index is 0.773. The standard InChI is InChI=1S/C12H16N2/c1-9(2)3-4-10-5-6-12-11(7-10)8-13-14-12/h5-9H,3-4H2,1-2H3,(H,13,14). The molecule has 14 heavy (non-hydrogen) atoms. The fraction of sp³-hybridized carbons (Fsp3) is 0.417. The van der Waals surface area contributed by atoms with E-state index in [4.69, 9.17) is 0 Å². The number of H-pyrrole nitrogens is 1. The first-order valence-electron chi connectivity index (χ1n) is 5.18. The van der Waals surface area contributed by atoms with Gasteiger partial charge in [-0.05, 0) is 36.5 Å². The summed E-state index contributed by atoms with van der Waals surface area (Å²) in [6, 6.07) is 6.52. The van der Waals surface area contributed by atoms with Crippen LogP contribution in [0.2, 0.25) is 0 Å². The molecule has 2 rings (SSSR count). The summed E-state index contributed by atoms with van der Waals surface area (Å²) in [5, 5.41) is 8.19. The average molecular weight is 188 g/mol. The van der Waals surface area contributed by atoms with E-state index in [0.29, 0.717) is 0 Å². The molecular formula is C12H16N2. The molecule has 2 heteroatoms. The molecule has 0 unspecified atom stereocenters. The summed E-state index contributed by atoms with van der Waals surface area (Å²) in [7, 11) is 0. The zero-order valence-corrected chi connectivity index (χ0v) is 8.75. The third-order valence-electron chi connectivity index (χ3n) is 2.51. The SMILES string of the molecule is CC(C)CCc1ccc2[nH]ncc2c1. The Labute approximate surface area is 84.3 Å². The van der Waals surface area contributed by atoms with Crippen LogP contribution in [0.4, 0.5) is 0 Å². The third-order valence-corrected chi connectivity index (χ3v) is 2.51. The third kappa shape index (κ3) is 1.95. The van der Waals surface area contributed by atoms with Gasteiger partial charge in [-0.3, -0.25) is 5.10 Å². The minimum absolute atomic E-state index is 0.773. The summed E-state index contributed by atoms with van der Waals surface area (Å²) >= 11 is 0. The van der Waals surface area contributed by atoms with E-state index >= 15 is 0 Å². The molecule has 0 amide bonds. The van der Waals surface area contributed by atoms with E-state index in [0.717, 1.165) is 11.4 Å². The number of nitrogens with one attached hydrogen (secondary N) is 1. The molecule has 0 spiro atoms. The van der Waals surface area contributed by atoms with Gasteiger partial charge < -0.3 is 0 Å². The molecule has 0 bridgehead atoms. The Kier molecular flexibility index (Phi) is 2.53. The molecule has 74 valence electrons. The number of rotatable bonds is 3. The fourth-order valence-electron chi connectivity index (χ4n) is 1.60. The molecule has 0 radical (unpaired) electrons. The maximum atomic E-state index is 4.01. The van der Waals surface area contributed by atoms with Gasteiger partial charge in [0.25, 0.3) is 0 Å². The van der Waals surface area contributed by atoms with Gasteiger partial charge in [0.05, 0.1) is 11.7 Å². The number of nitrogens with zero attached hydrogens (tertiary/aromatic N) is 1. The fourth-order valence-corrected chi connectivity index (χ4v) is 1.60. The highest BCUT2D eigenvalue weighted by Gasteiger charge is 1.99. The highest BCUT2D eigenvalue weighted by Crippen LogP contribution is 2.15. The Bertz CT molecular complexity index is 415. The van der Waals surface area contributed by atoms with Gasteiger partial charge in [-0.15, -0.1) is 0 Å². The highest BCUT2D eigenvalue weighted by atomic mass is 15.1. The minimum Gasteiger partial charge on any atom is -0.278 e. The Morgan fingerprint density at radius 2 is 2.21 bits per heavy atom. The van der Waals surface area contributed by atoms with Crippen LogP contribution in [0.15, 0.2) is 24.4 Å². The summed E-state index contributed by atoms with van der Waals surface area (Å²) in [5.74, 6) is 0.773. The van der Waals surface area contributed by atoms with E-state index < -0.39 is 0 Å². The van der Waals surface area contributed by atoms with Gasteiger partial charge in [-0.2, -0.15) is 5.10 Å². The van der Waals surface area contributed by atoms with Crippen molar-refractivity contribution in [3.05, 3.63) is 30.0 Å². The highest BCUT2D eigenvalue weighted by molar-refractivity contribution is 5.78. The van der Waals surface area contributed by atoms with Gasteiger partial charge in [0.15, 0.2) is 0 Å². The Balaban J connectivity index is 2.17. The summed E-state index contributed by atoms with van der Waals surface area (Å²) in [5.41, 5.74) is 2.53. The predicted octanol–water partition coefficient (Wildman–Crippen LogP) is 3.15. The molecule has 2 aromatic rings. The summed E-state index contributed by atoms with van der Waals surface area (Å²) in [4.78, 5) is 0. The van der Waals surface area contributed by atoms with Gasteiger partial charge >= 0.3 is 0 Å². The van der Waals surface area contributed by atoms with Crippen LogP contribution in [0.1, 0.15) is 25.8 Å². The molecule has 0 atom stereocenters. The molecule has 0 saturated heterocycles. The van der Waals surface area contributed by atoms with E-state index in [-0.39, 0.29) is 0 Å². The molecule has 0 fully saturated rings. The number of hydrogen-bond acceptors (Lipinski definition) is 1. The second-order valence-corrected chi connectivity index (χ2v) is 4.22. The lowest BCUT2D eigenvalue weighted by Gasteiger charge is -2.04. The average Bonchev–Trinajstić information content (AvgIpc) is 2.61. The van der Waals surface area contributed by atoms with Crippen LogP contribution < -0.4 is 0 Å². The van der Waals surface area contributed by atoms with Crippen molar-refractivity contribution in [2.45, 2.75) is 26.7 Å². The van der Waals surface area contributed by atoms with Crippen LogP contribution in [0, 0.1) is 5.92 Å². The largest absolute Gasteiger partial charge is 0.278 e. The number of aromatic nitrogens is 2. The lowest BCUT2D eigenvalue weighted by Crippen LogP contribution is -1.91. The van der Waals surface area contributed by atoms with Crippen LogP contribution in [-0.2, 0) is 6.42 Å². The molecule has 2 nitrogen and oxygen atoms in total. The first-order chi connectivity index (χ1) is 6.75. The molecule has 1 aromatic carbocycles. The Morgan fingerprint density at radius 3 is 3.00 bits per heavy atom. The lowest BCUT2D eigenvalue weighted by atomic mass is 10.0. The van der Waals surface area contributed by atoms with E-state index in [1.807, 2.05) is 6.20 Å². The topological polar surface area (TPSA) is 28.7 Å². The van der Waals surface area contributed by atoms with Crippen molar-refractivity contribution in [1.82, 2.24) is 10.2 Å². The second kappa shape index (κ2) is 3.82. The van der Waals surface area contributed by atoms with Crippen LogP contribution in [0.5, 0.6) is 0 Å². The van der Waals surface area contributed by atoms with Crippen molar-refractivity contribution >= 4 is 10.9 Å². The quantitative estimate of drug-likeness (QED) is 0.787. The molecule has 1 heterocycles. The number of hydrogen-bond donors (Lipinski definition) is 1. The molecule has 0 saturated carbocycles. The summed E-state index contributed by atoms with van der Waals surface area (Å²) < 4.78 is 0. The number of fused-ring (bicyclic) bond motifs is 1. The van der Waals surface area contributed by atoms with E-state index in [9.17, 15) is 0 Å². The van der Waals surface area contributed by atoms with Crippen molar-refractivity contribution in [2.24, 2.45) is 5.92 Å². The Morgan fingerprint density at radius 1 is 1.36 bits per heavy atom. The van der Waals surface area contributed by atoms with Gasteiger partial charge in [-0.1, -0.05) is 19.9 Å². The first kappa shape index (κ1) is 9.25. The van der Waals surface area contributed by atoms with E-state index in [1.165, 1.54) is 23.8 Å². The molecular weight excluding hydrogens is 172 g/mol. The van der Waals surface area contributed by atoms with Crippen LogP contribution >= 0.6 is 0 Å².